The van der Waals surface area contributed by atoms with Crippen LogP contribution in [0.5, 0.6) is 0 Å². The van der Waals surface area contributed by atoms with Crippen molar-refractivity contribution in [3.05, 3.63) is 89.0 Å². The van der Waals surface area contributed by atoms with E-state index in [9.17, 15) is 4.39 Å². The van der Waals surface area contributed by atoms with Crippen molar-refractivity contribution in [1.29, 1.82) is 0 Å². The van der Waals surface area contributed by atoms with Crippen LogP contribution in [0.25, 0.3) is 27.8 Å². The molecule has 0 N–H and O–H groups in total. The highest BCUT2D eigenvalue weighted by molar-refractivity contribution is 5.74. The number of rotatable bonds is 12. The number of halogens is 4. The molecule has 0 amide bonds. The quantitative estimate of drug-likeness (QED) is 0.142. The molecule has 0 bridgehead atoms. The summed E-state index contributed by atoms with van der Waals surface area (Å²) in [6, 6.07) is 13.2. The van der Waals surface area contributed by atoms with Gasteiger partial charge in [-0.25, -0.2) is 17.6 Å². The van der Waals surface area contributed by atoms with Crippen LogP contribution in [0, 0.1) is 41.0 Å². The van der Waals surface area contributed by atoms with Gasteiger partial charge in [0.25, 0.3) is 0 Å². The molecule has 236 valence electrons. The van der Waals surface area contributed by atoms with Gasteiger partial charge in [-0.1, -0.05) is 120 Å². The lowest BCUT2D eigenvalue weighted by molar-refractivity contribution is 0.202. The lowest BCUT2D eigenvalue weighted by Gasteiger charge is -2.34. The number of hydrogen-bond donors (Lipinski definition) is 0. The van der Waals surface area contributed by atoms with Crippen LogP contribution >= 0.6 is 0 Å². The van der Waals surface area contributed by atoms with Crippen molar-refractivity contribution in [2.45, 2.75) is 110 Å². The molecule has 0 radical (unpaired) electrons. The third-order valence-electron chi connectivity index (χ3n) is 10.3. The third-order valence-corrected chi connectivity index (χ3v) is 10.3. The van der Waals surface area contributed by atoms with E-state index in [2.05, 4.69) is 19.9 Å². The predicted molar refractivity (Wildman–Crippen MR) is 175 cm³/mol. The van der Waals surface area contributed by atoms with Crippen LogP contribution in [-0.4, -0.2) is 0 Å². The minimum atomic E-state index is -0.869. The van der Waals surface area contributed by atoms with Gasteiger partial charge in [-0.2, -0.15) is 0 Å². The van der Waals surface area contributed by atoms with E-state index in [1.54, 1.807) is 48.5 Å². The van der Waals surface area contributed by atoms with Crippen LogP contribution in [0.3, 0.4) is 0 Å². The molecule has 2 aliphatic carbocycles. The number of benzene rings is 3. The Labute approximate surface area is 262 Å². The Bertz CT molecular complexity index is 1410. The summed E-state index contributed by atoms with van der Waals surface area (Å²) in [4.78, 5) is 0. The standard InChI is InChI=1S/C40H48F4/c1-3-4-5-6-7-8-9-10-33-23-24-34(38(42)37(33)41)31-19-21-32(22-20-31)36-26-25-35(39(43)40(36)44)30-17-15-29(16-18-30)28-13-11-27(2)12-14-28/h17,19-29H,3-16,18H2,1-2H3. The van der Waals surface area contributed by atoms with E-state index in [1.807, 2.05) is 0 Å². The van der Waals surface area contributed by atoms with E-state index in [0.717, 1.165) is 55.9 Å². The lowest BCUT2D eigenvalue weighted by Crippen LogP contribution is -2.22. The number of hydrogen-bond acceptors (Lipinski definition) is 0. The predicted octanol–water partition coefficient (Wildman–Crippen LogP) is 12.9. The fourth-order valence-electron chi connectivity index (χ4n) is 7.41. The van der Waals surface area contributed by atoms with Crippen molar-refractivity contribution in [3.63, 3.8) is 0 Å². The molecular formula is C40H48F4. The van der Waals surface area contributed by atoms with E-state index >= 15 is 13.2 Å². The average Bonchev–Trinajstić information content (AvgIpc) is 3.04. The second kappa shape index (κ2) is 15.4. The normalized spacial score (nSPS) is 20.5. The highest BCUT2D eigenvalue weighted by atomic mass is 19.2. The van der Waals surface area contributed by atoms with Crippen LogP contribution in [0.2, 0.25) is 0 Å². The molecule has 0 saturated heterocycles. The van der Waals surface area contributed by atoms with Gasteiger partial charge < -0.3 is 0 Å². The molecule has 0 nitrogen and oxygen atoms in total. The van der Waals surface area contributed by atoms with Crippen LogP contribution in [-0.2, 0) is 6.42 Å². The molecular weight excluding hydrogens is 556 g/mol. The van der Waals surface area contributed by atoms with Gasteiger partial charge in [0.2, 0.25) is 0 Å². The van der Waals surface area contributed by atoms with Crippen molar-refractivity contribution in [3.8, 4) is 22.3 Å². The molecule has 0 spiro atoms. The van der Waals surface area contributed by atoms with Crippen LogP contribution in [0.1, 0.15) is 115 Å². The summed E-state index contributed by atoms with van der Waals surface area (Å²) in [7, 11) is 0. The maximum absolute atomic E-state index is 15.4. The van der Waals surface area contributed by atoms with E-state index < -0.39 is 23.3 Å². The van der Waals surface area contributed by atoms with Crippen molar-refractivity contribution >= 4 is 5.57 Å². The van der Waals surface area contributed by atoms with E-state index in [4.69, 9.17) is 0 Å². The van der Waals surface area contributed by atoms with Crippen molar-refractivity contribution in [2.24, 2.45) is 17.8 Å². The Morgan fingerprint density at radius 3 is 1.73 bits per heavy atom. The first-order chi connectivity index (χ1) is 21.4. The Kier molecular flexibility index (Phi) is 11.4. The molecule has 1 atom stereocenters. The molecule has 0 heterocycles. The van der Waals surface area contributed by atoms with Crippen LogP contribution in [0.4, 0.5) is 17.6 Å². The number of unbranched alkanes of at least 4 members (excludes halogenated alkanes) is 6. The van der Waals surface area contributed by atoms with Gasteiger partial charge >= 0.3 is 0 Å². The second-order valence-electron chi connectivity index (χ2n) is 13.4. The third kappa shape index (κ3) is 7.66. The molecule has 1 unspecified atom stereocenters. The summed E-state index contributed by atoms with van der Waals surface area (Å²) in [5.74, 6) is -1.10. The summed E-state index contributed by atoms with van der Waals surface area (Å²) < 4.78 is 60.8. The first kappa shape index (κ1) is 32.5. The zero-order chi connectivity index (χ0) is 31.1. The first-order valence-corrected chi connectivity index (χ1v) is 17.1. The maximum atomic E-state index is 15.4. The topological polar surface area (TPSA) is 0 Å². The number of aryl methyl sites for hydroxylation is 1. The molecule has 2 aliphatic rings. The molecule has 1 fully saturated rings. The van der Waals surface area contributed by atoms with Crippen LogP contribution < -0.4 is 0 Å². The van der Waals surface area contributed by atoms with Gasteiger partial charge in [-0.05, 0) is 85.0 Å². The highest BCUT2D eigenvalue weighted by Crippen LogP contribution is 2.42. The molecule has 1 saturated carbocycles. The summed E-state index contributed by atoms with van der Waals surface area (Å²) >= 11 is 0. The minimum Gasteiger partial charge on any atom is -0.203 e. The smallest absolute Gasteiger partial charge is 0.167 e. The monoisotopic (exact) mass is 604 g/mol. The fraction of sp³-hybridized carbons (Fsp3) is 0.500. The number of allylic oxidation sites excluding steroid dienone is 2. The maximum Gasteiger partial charge on any atom is 0.167 e. The van der Waals surface area contributed by atoms with Gasteiger partial charge in [0.05, 0.1) is 0 Å². The van der Waals surface area contributed by atoms with Crippen molar-refractivity contribution < 1.29 is 17.6 Å². The lowest BCUT2D eigenvalue weighted by atomic mass is 9.71. The minimum absolute atomic E-state index is 0.167. The molecule has 0 aromatic heterocycles. The molecule has 0 aliphatic heterocycles. The van der Waals surface area contributed by atoms with Crippen LogP contribution in [0.15, 0.2) is 54.6 Å². The van der Waals surface area contributed by atoms with E-state index in [-0.39, 0.29) is 11.1 Å². The summed E-state index contributed by atoms with van der Waals surface area (Å²) in [5, 5.41) is 0. The zero-order valence-electron chi connectivity index (χ0n) is 26.5. The van der Waals surface area contributed by atoms with Crippen molar-refractivity contribution in [2.75, 3.05) is 0 Å². The van der Waals surface area contributed by atoms with Gasteiger partial charge in [0.15, 0.2) is 23.3 Å². The fourth-order valence-corrected chi connectivity index (χ4v) is 7.41. The molecule has 3 aromatic carbocycles. The Hall–Kier alpha value is -2.88. The Morgan fingerprint density at radius 2 is 1.11 bits per heavy atom. The summed E-state index contributed by atoms with van der Waals surface area (Å²) in [6.07, 6.45) is 18.5. The van der Waals surface area contributed by atoms with Gasteiger partial charge in [-0.3, -0.25) is 0 Å². The van der Waals surface area contributed by atoms with Gasteiger partial charge in [0.1, 0.15) is 0 Å². The Morgan fingerprint density at radius 1 is 0.568 bits per heavy atom. The molecule has 44 heavy (non-hydrogen) atoms. The van der Waals surface area contributed by atoms with E-state index in [0.29, 0.717) is 34.6 Å². The molecule has 4 heteroatoms. The summed E-state index contributed by atoms with van der Waals surface area (Å²) in [6.45, 7) is 4.52. The highest BCUT2D eigenvalue weighted by Gasteiger charge is 2.28. The first-order valence-electron chi connectivity index (χ1n) is 17.1. The Balaban J connectivity index is 1.23. The largest absolute Gasteiger partial charge is 0.203 e. The van der Waals surface area contributed by atoms with Gasteiger partial charge in [0, 0.05) is 16.7 Å². The van der Waals surface area contributed by atoms with Gasteiger partial charge in [-0.15, -0.1) is 0 Å². The molecule has 3 aromatic rings. The second-order valence-corrected chi connectivity index (χ2v) is 13.4. The SMILES string of the molecule is CCCCCCCCCc1ccc(-c2ccc(-c3ccc(C4=CCC(C5CCC(C)CC5)CC4)c(F)c3F)cc2)c(F)c1F. The summed E-state index contributed by atoms with van der Waals surface area (Å²) in [5.41, 5.74) is 2.99. The van der Waals surface area contributed by atoms with E-state index in [1.165, 1.54) is 51.4 Å². The average molecular weight is 605 g/mol. The molecule has 5 rings (SSSR count). The van der Waals surface area contributed by atoms with Crippen molar-refractivity contribution in [1.82, 2.24) is 0 Å². The zero-order valence-corrected chi connectivity index (χ0v) is 26.5.